The van der Waals surface area contributed by atoms with Crippen LogP contribution in [-0.2, 0) is 4.74 Å². The van der Waals surface area contributed by atoms with Crippen molar-refractivity contribution in [3.8, 4) is 11.5 Å². The predicted octanol–water partition coefficient (Wildman–Crippen LogP) is 4.72. The van der Waals surface area contributed by atoms with Gasteiger partial charge in [-0.05, 0) is 62.7 Å². The highest BCUT2D eigenvalue weighted by Gasteiger charge is 2.18. The van der Waals surface area contributed by atoms with E-state index in [1.807, 2.05) is 24.3 Å². The molecule has 0 aliphatic heterocycles. The van der Waals surface area contributed by atoms with Gasteiger partial charge in [-0.1, -0.05) is 23.7 Å². The quantitative estimate of drug-likeness (QED) is 0.594. The molecule has 0 spiro atoms. The summed E-state index contributed by atoms with van der Waals surface area (Å²) in [5.41, 5.74) is 2.54. The van der Waals surface area contributed by atoms with E-state index in [2.05, 4.69) is 10.8 Å². The average Bonchev–Trinajstić information content (AvgIpc) is 2.60. The molecule has 146 valence electrons. The van der Waals surface area contributed by atoms with E-state index in [4.69, 9.17) is 26.3 Å². The standard InChI is InChI=1S/C20H25ClN2O4/c1-20(2,3)27-19(24)22-12-15(13-23-25)14-4-8-17(9-5-14)26-18-10-6-16(21)7-11-18/h4-11,15,23,25H,12-13H2,1-3H3,(H,22,24)/t15-/m1/s1. The number of hydrogen-bond acceptors (Lipinski definition) is 5. The minimum Gasteiger partial charge on any atom is -0.457 e. The van der Waals surface area contributed by atoms with Gasteiger partial charge in [0.1, 0.15) is 17.1 Å². The largest absolute Gasteiger partial charge is 0.457 e. The van der Waals surface area contributed by atoms with E-state index in [1.165, 1.54) is 0 Å². The second-order valence-corrected chi connectivity index (χ2v) is 7.50. The zero-order chi connectivity index (χ0) is 19.9. The maximum atomic E-state index is 11.8. The van der Waals surface area contributed by atoms with Gasteiger partial charge < -0.3 is 20.0 Å². The molecule has 3 N–H and O–H groups in total. The van der Waals surface area contributed by atoms with Crippen LogP contribution in [0.15, 0.2) is 48.5 Å². The number of carbonyl (C=O) groups is 1. The molecule has 0 saturated carbocycles. The highest BCUT2D eigenvalue weighted by molar-refractivity contribution is 6.30. The third-order valence-corrected chi connectivity index (χ3v) is 3.88. The zero-order valence-corrected chi connectivity index (χ0v) is 16.4. The van der Waals surface area contributed by atoms with Crippen molar-refractivity contribution in [1.82, 2.24) is 10.8 Å². The van der Waals surface area contributed by atoms with Gasteiger partial charge in [-0.2, -0.15) is 0 Å². The SMILES string of the molecule is CC(C)(C)OC(=O)NC[C@H](CNO)c1ccc(Oc2ccc(Cl)cc2)cc1. The molecular formula is C20H25ClN2O4. The number of amides is 1. The first-order chi connectivity index (χ1) is 12.8. The summed E-state index contributed by atoms with van der Waals surface area (Å²) >= 11 is 5.87. The van der Waals surface area contributed by atoms with Crippen molar-refractivity contribution in [2.45, 2.75) is 32.3 Å². The van der Waals surface area contributed by atoms with Gasteiger partial charge >= 0.3 is 6.09 Å². The fraction of sp³-hybridized carbons (Fsp3) is 0.350. The Morgan fingerprint density at radius 2 is 1.59 bits per heavy atom. The van der Waals surface area contributed by atoms with Gasteiger partial charge in [0.15, 0.2) is 0 Å². The molecule has 27 heavy (non-hydrogen) atoms. The van der Waals surface area contributed by atoms with E-state index < -0.39 is 11.7 Å². The average molecular weight is 393 g/mol. The molecule has 2 rings (SSSR count). The minimum absolute atomic E-state index is 0.132. The Labute approximate surface area is 164 Å². The van der Waals surface area contributed by atoms with E-state index in [0.29, 0.717) is 23.1 Å². The van der Waals surface area contributed by atoms with Crippen LogP contribution in [0.1, 0.15) is 32.3 Å². The second kappa shape index (κ2) is 9.60. The lowest BCUT2D eigenvalue weighted by Crippen LogP contribution is -2.36. The van der Waals surface area contributed by atoms with Gasteiger partial charge in [0.25, 0.3) is 0 Å². The molecule has 2 aromatic carbocycles. The van der Waals surface area contributed by atoms with Crippen molar-refractivity contribution < 1.29 is 19.5 Å². The van der Waals surface area contributed by atoms with Crippen LogP contribution >= 0.6 is 11.6 Å². The molecule has 0 bridgehead atoms. The van der Waals surface area contributed by atoms with Crippen LogP contribution in [0, 0.1) is 0 Å². The number of nitrogens with one attached hydrogen (secondary N) is 2. The number of carbonyl (C=O) groups excluding carboxylic acids is 1. The van der Waals surface area contributed by atoms with Crippen LogP contribution in [0.3, 0.4) is 0 Å². The summed E-state index contributed by atoms with van der Waals surface area (Å²) in [4.78, 5) is 11.8. The van der Waals surface area contributed by atoms with Crippen LogP contribution < -0.4 is 15.5 Å². The highest BCUT2D eigenvalue weighted by Crippen LogP contribution is 2.25. The summed E-state index contributed by atoms with van der Waals surface area (Å²) in [5, 5.41) is 12.5. The normalized spacial score (nSPS) is 12.3. The first-order valence-electron chi connectivity index (χ1n) is 8.64. The van der Waals surface area contributed by atoms with Crippen molar-refractivity contribution in [3.05, 3.63) is 59.1 Å². The van der Waals surface area contributed by atoms with Crippen LogP contribution in [0.25, 0.3) is 0 Å². The molecule has 1 atom stereocenters. The minimum atomic E-state index is -0.560. The van der Waals surface area contributed by atoms with Crippen molar-refractivity contribution in [1.29, 1.82) is 0 Å². The molecule has 0 saturated heterocycles. The maximum Gasteiger partial charge on any atom is 0.407 e. The Morgan fingerprint density at radius 3 is 2.11 bits per heavy atom. The van der Waals surface area contributed by atoms with Gasteiger partial charge in [-0.3, -0.25) is 0 Å². The van der Waals surface area contributed by atoms with Gasteiger partial charge in [0, 0.05) is 24.0 Å². The van der Waals surface area contributed by atoms with Crippen molar-refractivity contribution >= 4 is 17.7 Å². The molecular weight excluding hydrogens is 368 g/mol. The number of halogens is 1. The zero-order valence-electron chi connectivity index (χ0n) is 15.7. The number of alkyl carbamates (subject to hydrolysis) is 1. The van der Waals surface area contributed by atoms with Crippen molar-refractivity contribution in [3.63, 3.8) is 0 Å². The smallest absolute Gasteiger partial charge is 0.407 e. The Kier molecular flexibility index (Phi) is 7.47. The second-order valence-electron chi connectivity index (χ2n) is 7.07. The Bertz CT molecular complexity index is 727. The Hall–Kier alpha value is -2.28. The Balaban J connectivity index is 1.98. The lowest BCUT2D eigenvalue weighted by Gasteiger charge is -2.22. The molecule has 0 aliphatic rings. The summed E-state index contributed by atoms with van der Waals surface area (Å²) in [7, 11) is 0. The fourth-order valence-corrected chi connectivity index (χ4v) is 2.51. The number of hydrogen-bond donors (Lipinski definition) is 3. The van der Waals surface area contributed by atoms with E-state index in [1.54, 1.807) is 45.0 Å². The maximum absolute atomic E-state index is 11.8. The fourth-order valence-electron chi connectivity index (χ4n) is 2.39. The molecule has 0 unspecified atom stereocenters. The molecule has 6 nitrogen and oxygen atoms in total. The molecule has 0 aliphatic carbocycles. The van der Waals surface area contributed by atoms with Crippen LogP contribution in [0.5, 0.6) is 11.5 Å². The van der Waals surface area contributed by atoms with Gasteiger partial charge in [-0.15, -0.1) is 0 Å². The summed E-state index contributed by atoms with van der Waals surface area (Å²) in [6.45, 7) is 6.02. The number of hydroxylamine groups is 1. The molecule has 2 aromatic rings. The van der Waals surface area contributed by atoms with Crippen LogP contribution in [-0.4, -0.2) is 30.0 Å². The van der Waals surface area contributed by atoms with Crippen LogP contribution in [0.4, 0.5) is 4.79 Å². The van der Waals surface area contributed by atoms with E-state index >= 15 is 0 Å². The summed E-state index contributed by atoms with van der Waals surface area (Å²) in [6, 6.07) is 14.6. The summed E-state index contributed by atoms with van der Waals surface area (Å²) in [5.74, 6) is 1.23. The molecule has 1 amide bonds. The van der Waals surface area contributed by atoms with Gasteiger partial charge in [0.2, 0.25) is 0 Å². The lowest BCUT2D eigenvalue weighted by atomic mass is 9.99. The molecule has 0 heterocycles. The first kappa shape index (κ1) is 21.0. The van der Waals surface area contributed by atoms with Crippen molar-refractivity contribution in [2.24, 2.45) is 0 Å². The van der Waals surface area contributed by atoms with Gasteiger partial charge in [0.05, 0.1) is 0 Å². The topological polar surface area (TPSA) is 79.8 Å². The third kappa shape index (κ3) is 7.46. The summed E-state index contributed by atoms with van der Waals surface area (Å²) in [6.07, 6.45) is -0.492. The van der Waals surface area contributed by atoms with E-state index in [-0.39, 0.29) is 12.5 Å². The van der Waals surface area contributed by atoms with Crippen molar-refractivity contribution in [2.75, 3.05) is 13.1 Å². The number of benzene rings is 2. The first-order valence-corrected chi connectivity index (χ1v) is 9.02. The molecule has 7 heteroatoms. The monoisotopic (exact) mass is 392 g/mol. The highest BCUT2D eigenvalue weighted by atomic mass is 35.5. The lowest BCUT2D eigenvalue weighted by molar-refractivity contribution is 0.0520. The molecule has 0 fully saturated rings. The van der Waals surface area contributed by atoms with Crippen LogP contribution in [0.2, 0.25) is 5.02 Å². The Morgan fingerprint density at radius 1 is 1.04 bits per heavy atom. The molecule has 0 radical (unpaired) electrons. The number of rotatable bonds is 7. The van der Waals surface area contributed by atoms with Gasteiger partial charge in [-0.25, -0.2) is 10.3 Å². The molecule has 0 aromatic heterocycles. The van der Waals surface area contributed by atoms with E-state index in [0.717, 1.165) is 5.56 Å². The van der Waals surface area contributed by atoms with E-state index in [9.17, 15) is 4.79 Å². The predicted molar refractivity (Wildman–Crippen MR) is 105 cm³/mol. The third-order valence-electron chi connectivity index (χ3n) is 3.63. The summed E-state index contributed by atoms with van der Waals surface area (Å²) < 4.78 is 11.0. The number of ether oxygens (including phenoxy) is 2.